The minimum absolute atomic E-state index is 0.370. The average Bonchev–Trinajstić information content (AvgIpc) is 2.63. The smallest absolute Gasteiger partial charge is 0.138 e. The van der Waals surface area contributed by atoms with E-state index >= 15 is 0 Å². The van der Waals surface area contributed by atoms with Gasteiger partial charge < -0.3 is 10.2 Å². The zero-order valence-electron chi connectivity index (χ0n) is 14.5. The minimum Gasteiger partial charge on any atom is -0.393 e. The maximum absolute atomic E-state index is 8.97. The molecule has 0 aliphatic rings. The van der Waals surface area contributed by atoms with Crippen LogP contribution in [0.25, 0.3) is 0 Å². The molecule has 0 heterocycles. The lowest BCUT2D eigenvalue weighted by atomic mass is 10.2. The lowest BCUT2D eigenvalue weighted by molar-refractivity contribution is 0.138. The lowest BCUT2D eigenvalue weighted by Crippen LogP contribution is -2.07. The Bertz CT molecular complexity index is 689. The van der Waals surface area contributed by atoms with E-state index in [2.05, 4.69) is 59.4 Å². The van der Waals surface area contributed by atoms with Crippen molar-refractivity contribution in [3.63, 3.8) is 0 Å². The molecule has 2 heteroatoms. The first-order chi connectivity index (χ1) is 12.3. The summed E-state index contributed by atoms with van der Waals surface area (Å²) in [5, 5.41) is 17.5. The van der Waals surface area contributed by atoms with Crippen molar-refractivity contribution in [2.45, 2.75) is 51.0 Å². The topological polar surface area (TPSA) is 40.5 Å². The second-order valence-corrected chi connectivity index (χ2v) is 4.95. The normalized spacial score (nSPS) is 10.3. The Balaban J connectivity index is 3.68. The Morgan fingerprint density at radius 3 is 2.12 bits per heavy atom. The van der Waals surface area contributed by atoms with Gasteiger partial charge in [0.05, 0.1) is 6.61 Å². The molecule has 0 unspecified atom stereocenters. The van der Waals surface area contributed by atoms with Crippen LogP contribution in [0.2, 0.25) is 0 Å². The fourth-order valence-corrected chi connectivity index (χ4v) is 1.54. The molecule has 0 aromatic carbocycles. The maximum Gasteiger partial charge on any atom is 0.138 e. The first-order valence-electron chi connectivity index (χ1n) is 8.33. The Kier molecular flexibility index (Phi) is 17.1. The fourth-order valence-electron chi connectivity index (χ4n) is 1.54. The lowest BCUT2D eigenvalue weighted by Gasteiger charge is -1.90. The predicted molar refractivity (Wildman–Crippen MR) is 104 cm³/mol. The van der Waals surface area contributed by atoms with Crippen LogP contribution in [0.15, 0.2) is 24.3 Å². The van der Waals surface area contributed by atoms with Crippen molar-refractivity contribution < 1.29 is 10.2 Å². The van der Waals surface area contributed by atoms with Crippen LogP contribution in [0.5, 0.6) is 0 Å². The third-order valence-corrected chi connectivity index (χ3v) is 2.80. The molecule has 0 aromatic rings. The summed E-state index contributed by atoms with van der Waals surface area (Å²) in [5.74, 6) is 24.3. The first-order valence-corrected chi connectivity index (χ1v) is 8.33. The van der Waals surface area contributed by atoms with Crippen molar-refractivity contribution in [2.24, 2.45) is 0 Å². The highest BCUT2D eigenvalue weighted by Gasteiger charge is 1.90. The molecule has 25 heavy (non-hydrogen) atoms. The largest absolute Gasteiger partial charge is 0.393 e. The first kappa shape index (κ1) is 22.2. The number of allylic oxidation sites excluding steroid dienone is 4. The zero-order valence-corrected chi connectivity index (χ0v) is 14.5. The van der Waals surface area contributed by atoms with E-state index in [-0.39, 0.29) is 6.61 Å². The zero-order chi connectivity index (χ0) is 18.4. The molecule has 0 amide bonds. The molecular weight excluding hydrogens is 308 g/mol. The Morgan fingerprint density at radius 1 is 0.840 bits per heavy atom. The number of hydrogen-bond donors (Lipinski definition) is 2. The average molecular weight is 332 g/mol. The van der Waals surface area contributed by atoms with Crippen molar-refractivity contribution in [2.75, 3.05) is 6.61 Å². The summed E-state index contributed by atoms with van der Waals surface area (Å²) in [4.78, 5) is 0. The van der Waals surface area contributed by atoms with Gasteiger partial charge in [0.15, 0.2) is 0 Å². The highest BCUT2D eigenvalue weighted by Crippen LogP contribution is 2.01. The summed E-state index contributed by atoms with van der Waals surface area (Å²) in [6.45, 7) is -0.370. The molecule has 0 saturated carbocycles. The van der Waals surface area contributed by atoms with Crippen LogP contribution in [-0.2, 0) is 0 Å². The van der Waals surface area contributed by atoms with Gasteiger partial charge in [-0.2, -0.15) is 0 Å². The number of terminal acetylenes is 1. The van der Waals surface area contributed by atoms with Crippen molar-refractivity contribution in [1.82, 2.24) is 0 Å². The van der Waals surface area contributed by atoms with E-state index in [1.165, 1.54) is 0 Å². The minimum atomic E-state index is -1.01. The summed E-state index contributed by atoms with van der Waals surface area (Å²) >= 11 is 0. The summed E-state index contributed by atoms with van der Waals surface area (Å²) in [6.07, 6.45) is 18.4. The molecular formula is C23H24O2. The maximum atomic E-state index is 8.97. The van der Waals surface area contributed by atoms with E-state index in [0.717, 1.165) is 38.5 Å². The highest BCUT2D eigenvalue weighted by atomic mass is 16.3. The molecule has 0 saturated heterocycles. The van der Waals surface area contributed by atoms with Crippen molar-refractivity contribution in [1.29, 1.82) is 0 Å². The monoisotopic (exact) mass is 332 g/mol. The van der Waals surface area contributed by atoms with E-state index < -0.39 is 6.10 Å². The molecule has 2 nitrogen and oxygen atoms in total. The van der Waals surface area contributed by atoms with E-state index in [1.807, 2.05) is 12.2 Å². The summed E-state index contributed by atoms with van der Waals surface area (Å²) < 4.78 is 0. The van der Waals surface area contributed by atoms with Crippen LogP contribution in [0, 0.1) is 59.7 Å². The van der Waals surface area contributed by atoms with Gasteiger partial charge in [-0.15, -0.1) is 6.42 Å². The van der Waals surface area contributed by atoms with Gasteiger partial charge in [-0.3, -0.25) is 0 Å². The number of aliphatic hydroxyl groups excluding tert-OH is 2. The van der Waals surface area contributed by atoms with Gasteiger partial charge in [0, 0.05) is 12.8 Å². The molecule has 0 aliphatic carbocycles. The Morgan fingerprint density at radius 2 is 1.48 bits per heavy atom. The molecule has 0 rings (SSSR count). The molecule has 0 aliphatic heterocycles. The van der Waals surface area contributed by atoms with Crippen LogP contribution in [0.4, 0.5) is 0 Å². The van der Waals surface area contributed by atoms with Gasteiger partial charge in [-0.1, -0.05) is 41.8 Å². The second kappa shape index (κ2) is 19.2. The van der Waals surface area contributed by atoms with Crippen LogP contribution < -0.4 is 0 Å². The van der Waals surface area contributed by atoms with E-state index in [1.54, 1.807) is 6.08 Å². The third-order valence-electron chi connectivity index (χ3n) is 2.80. The summed E-state index contributed by atoms with van der Waals surface area (Å²) in [5.41, 5.74) is 0. The van der Waals surface area contributed by atoms with Gasteiger partial charge >= 0.3 is 0 Å². The van der Waals surface area contributed by atoms with E-state index in [9.17, 15) is 0 Å². The summed E-state index contributed by atoms with van der Waals surface area (Å²) in [6, 6.07) is 0. The van der Waals surface area contributed by atoms with Crippen LogP contribution >= 0.6 is 0 Å². The van der Waals surface area contributed by atoms with Gasteiger partial charge in [-0.05, 0) is 67.9 Å². The highest BCUT2D eigenvalue weighted by molar-refractivity contribution is 5.31. The third kappa shape index (κ3) is 19.2. The van der Waals surface area contributed by atoms with Gasteiger partial charge in [-0.25, -0.2) is 0 Å². The quantitative estimate of drug-likeness (QED) is 0.530. The molecule has 1 atom stereocenters. The van der Waals surface area contributed by atoms with Crippen molar-refractivity contribution in [3.8, 4) is 59.7 Å². The fraction of sp³-hybridized carbons (Fsp3) is 0.391. The van der Waals surface area contributed by atoms with Crippen molar-refractivity contribution >= 4 is 0 Å². The molecule has 0 aromatic heterocycles. The van der Waals surface area contributed by atoms with Crippen LogP contribution in [0.3, 0.4) is 0 Å². The van der Waals surface area contributed by atoms with Gasteiger partial charge in [0.25, 0.3) is 0 Å². The Labute approximate surface area is 152 Å². The van der Waals surface area contributed by atoms with E-state index in [0.29, 0.717) is 6.42 Å². The second-order valence-electron chi connectivity index (χ2n) is 4.95. The number of unbranched alkanes of at least 4 members (excludes halogenated alkanes) is 5. The van der Waals surface area contributed by atoms with Gasteiger partial charge in [0.1, 0.15) is 6.10 Å². The standard InChI is InChI=1S/C23H24O2/c1-2-3-4-5-6-7-8-9-10-11-12-13-14-15-16-17-18-19-20-21-23(25)22-24/h1,3-4,9-10,23-25H,5-8,15-17,22H2/b4-3-,10-9-/t23-/m0/s1. The predicted octanol–water partition coefficient (Wildman–Crippen LogP) is 2.83. The molecule has 0 radical (unpaired) electrons. The molecule has 2 N–H and O–H groups in total. The molecule has 0 spiro atoms. The Hall–Kier alpha value is -2.80. The molecule has 0 bridgehead atoms. The molecule has 0 fully saturated rings. The van der Waals surface area contributed by atoms with E-state index in [4.69, 9.17) is 16.6 Å². The number of rotatable bonds is 8. The van der Waals surface area contributed by atoms with Crippen LogP contribution in [-0.4, -0.2) is 22.9 Å². The number of aliphatic hydroxyl groups is 2. The van der Waals surface area contributed by atoms with Gasteiger partial charge in [0.2, 0.25) is 0 Å². The molecule has 128 valence electrons. The van der Waals surface area contributed by atoms with Crippen LogP contribution in [0.1, 0.15) is 44.9 Å². The van der Waals surface area contributed by atoms with Crippen molar-refractivity contribution in [3.05, 3.63) is 24.3 Å². The number of hydrogen-bond acceptors (Lipinski definition) is 2. The SMILES string of the molecule is C#C/C=C\CCCC/C=C\C#CC#CCCCC#CC#C[C@H](O)CO. The summed E-state index contributed by atoms with van der Waals surface area (Å²) in [7, 11) is 0.